The van der Waals surface area contributed by atoms with Gasteiger partial charge in [0, 0.05) is 19.8 Å². The van der Waals surface area contributed by atoms with Crippen LogP contribution in [0.25, 0.3) is 0 Å². The van der Waals surface area contributed by atoms with Crippen LogP contribution in [-0.4, -0.2) is 47.5 Å². The Morgan fingerprint density at radius 1 is 1.14 bits per heavy atom. The topological polar surface area (TPSA) is 24.3 Å². The molecule has 0 aromatic carbocycles. The monoisotopic (exact) mass is 196 g/mol. The normalized spacial score (nSPS) is 11.6. The molecular weight excluding hydrogens is 176 g/mol. The van der Waals surface area contributed by atoms with Gasteiger partial charge in [0.25, 0.3) is 0 Å². The van der Waals surface area contributed by atoms with Crippen molar-refractivity contribution >= 4 is 0 Å². The van der Waals surface area contributed by atoms with E-state index in [1.54, 1.807) is 0 Å². The van der Waals surface area contributed by atoms with Crippen LogP contribution in [0.15, 0.2) is 6.20 Å². The fourth-order valence-electron chi connectivity index (χ4n) is 1.40. The Bertz CT molecular complexity index is 288. The lowest BCUT2D eigenvalue weighted by atomic mass is 10.4. The quantitative estimate of drug-likeness (QED) is 0.702. The van der Waals surface area contributed by atoms with Crippen molar-refractivity contribution < 1.29 is 0 Å². The van der Waals surface area contributed by atoms with Crippen LogP contribution in [0.2, 0.25) is 0 Å². The molecule has 1 rings (SSSR count). The first kappa shape index (κ1) is 11.2. The van der Waals surface area contributed by atoms with Gasteiger partial charge in [-0.3, -0.25) is 0 Å². The number of nitrogens with zero attached hydrogens (tertiary/aromatic N) is 4. The molecule has 0 atom stereocenters. The summed E-state index contributed by atoms with van der Waals surface area (Å²) in [4.78, 5) is 8.82. The summed E-state index contributed by atoms with van der Waals surface area (Å²) in [5.74, 6) is 1.12. The molecule has 0 fully saturated rings. The van der Waals surface area contributed by atoms with Gasteiger partial charge < -0.3 is 14.4 Å². The first-order valence-electron chi connectivity index (χ1n) is 4.79. The minimum Gasteiger partial charge on any atom is -0.337 e. The lowest BCUT2D eigenvalue weighted by molar-refractivity contribution is 0.381. The van der Waals surface area contributed by atoms with Crippen molar-refractivity contribution in [2.45, 2.75) is 13.1 Å². The highest BCUT2D eigenvalue weighted by atomic mass is 15.2. The molecule has 0 unspecified atom stereocenters. The van der Waals surface area contributed by atoms with Crippen LogP contribution in [0.4, 0.5) is 0 Å². The highest BCUT2D eigenvalue weighted by molar-refractivity contribution is 5.03. The molecule has 0 aliphatic rings. The maximum Gasteiger partial charge on any atom is 0.122 e. The molecule has 1 heterocycles. The van der Waals surface area contributed by atoms with Gasteiger partial charge in [-0.25, -0.2) is 4.98 Å². The highest BCUT2D eigenvalue weighted by Gasteiger charge is 2.06. The molecule has 4 nitrogen and oxygen atoms in total. The van der Waals surface area contributed by atoms with Gasteiger partial charge in [-0.15, -0.1) is 0 Å². The Hall–Kier alpha value is -0.870. The molecule has 0 N–H and O–H groups in total. The zero-order valence-electron chi connectivity index (χ0n) is 9.78. The van der Waals surface area contributed by atoms with Crippen LogP contribution in [0.3, 0.4) is 0 Å². The van der Waals surface area contributed by atoms with Crippen LogP contribution in [0, 0.1) is 0 Å². The summed E-state index contributed by atoms with van der Waals surface area (Å²) in [6.45, 7) is 1.80. The molecule has 0 saturated carbocycles. The molecule has 0 saturated heterocycles. The number of imidazole rings is 1. The molecule has 0 amide bonds. The molecule has 80 valence electrons. The van der Waals surface area contributed by atoms with E-state index < -0.39 is 0 Å². The molecule has 1 aromatic heterocycles. The van der Waals surface area contributed by atoms with E-state index in [4.69, 9.17) is 0 Å². The van der Waals surface area contributed by atoms with Gasteiger partial charge in [-0.05, 0) is 28.2 Å². The Labute approximate surface area is 86.1 Å². The van der Waals surface area contributed by atoms with Crippen molar-refractivity contribution in [2.24, 2.45) is 7.05 Å². The van der Waals surface area contributed by atoms with E-state index in [1.165, 1.54) is 0 Å². The number of aryl methyl sites for hydroxylation is 1. The van der Waals surface area contributed by atoms with E-state index in [1.807, 2.05) is 7.05 Å². The number of rotatable bonds is 4. The minimum atomic E-state index is 0.893. The van der Waals surface area contributed by atoms with Crippen LogP contribution < -0.4 is 0 Å². The van der Waals surface area contributed by atoms with Gasteiger partial charge in [0.1, 0.15) is 5.82 Å². The molecule has 0 aliphatic heterocycles. The summed E-state index contributed by atoms with van der Waals surface area (Å²) >= 11 is 0. The lowest BCUT2D eigenvalue weighted by Crippen LogP contribution is -2.14. The van der Waals surface area contributed by atoms with Crippen molar-refractivity contribution in [3.8, 4) is 0 Å². The molecule has 0 radical (unpaired) electrons. The summed E-state index contributed by atoms with van der Waals surface area (Å²) < 4.78 is 2.10. The smallest absolute Gasteiger partial charge is 0.122 e. The number of hydrogen-bond donors (Lipinski definition) is 0. The molecule has 4 heteroatoms. The maximum absolute atomic E-state index is 4.57. The van der Waals surface area contributed by atoms with Crippen molar-refractivity contribution in [2.75, 3.05) is 28.2 Å². The number of aromatic nitrogens is 2. The molecule has 14 heavy (non-hydrogen) atoms. The van der Waals surface area contributed by atoms with Gasteiger partial charge in [0.2, 0.25) is 0 Å². The van der Waals surface area contributed by atoms with Crippen LogP contribution in [-0.2, 0) is 20.1 Å². The van der Waals surface area contributed by atoms with Crippen molar-refractivity contribution in [1.82, 2.24) is 19.4 Å². The summed E-state index contributed by atoms with van der Waals surface area (Å²) in [6.07, 6.45) is 2.10. The van der Waals surface area contributed by atoms with E-state index >= 15 is 0 Å². The fourth-order valence-corrected chi connectivity index (χ4v) is 1.40. The molecular formula is C10H20N4. The van der Waals surface area contributed by atoms with Crippen molar-refractivity contribution in [3.05, 3.63) is 17.7 Å². The van der Waals surface area contributed by atoms with Crippen LogP contribution >= 0.6 is 0 Å². The SMILES string of the molecule is CN(C)Cc1cn(C)c(CN(C)C)n1. The van der Waals surface area contributed by atoms with Gasteiger partial charge in [0.05, 0.1) is 12.2 Å². The molecule has 0 spiro atoms. The number of hydrogen-bond acceptors (Lipinski definition) is 3. The van der Waals surface area contributed by atoms with Crippen molar-refractivity contribution in [3.63, 3.8) is 0 Å². The second-order valence-corrected chi connectivity index (χ2v) is 4.23. The predicted molar refractivity (Wildman–Crippen MR) is 58.0 cm³/mol. The second-order valence-electron chi connectivity index (χ2n) is 4.23. The first-order valence-corrected chi connectivity index (χ1v) is 4.79. The lowest BCUT2D eigenvalue weighted by Gasteiger charge is -2.08. The van der Waals surface area contributed by atoms with Gasteiger partial charge >= 0.3 is 0 Å². The van der Waals surface area contributed by atoms with Gasteiger partial charge in [0.15, 0.2) is 0 Å². The zero-order chi connectivity index (χ0) is 10.7. The summed E-state index contributed by atoms with van der Waals surface area (Å²) in [5, 5.41) is 0. The van der Waals surface area contributed by atoms with E-state index in [0.29, 0.717) is 0 Å². The Kier molecular flexibility index (Phi) is 3.66. The first-order chi connectivity index (χ1) is 6.49. The zero-order valence-corrected chi connectivity index (χ0v) is 9.78. The third-order valence-corrected chi connectivity index (χ3v) is 1.96. The van der Waals surface area contributed by atoms with Crippen molar-refractivity contribution in [1.29, 1.82) is 0 Å². The standard InChI is InChI=1S/C10H20N4/c1-12(2)6-9-7-14(5)10(11-9)8-13(3)4/h7H,6,8H2,1-5H3. The average Bonchev–Trinajstić information content (AvgIpc) is 2.28. The Morgan fingerprint density at radius 2 is 1.71 bits per heavy atom. The fraction of sp³-hybridized carbons (Fsp3) is 0.700. The second kappa shape index (κ2) is 4.57. The predicted octanol–water partition coefficient (Wildman–Crippen LogP) is 0.543. The van der Waals surface area contributed by atoms with Crippen LogP contribution in [0.1, 0.15) is 11.5 Å². The highest BCUT2D eigenvalue weighted by Crippen LogP contribution is 2.04. The molecule has 0 bridgehead atoms. The Balaban J connectivity index is 2.72. The van der Waals surface area contributed by atoms with E-state index in [-0.39, 0.29) is 0 Å². The largest absolute Gasteiger partial charge is 0.337 e. The van der Waals surface area contributed by atoms with E-state index in [9.17, 15) is 0 Å². The molecule has 1 aromatic rings. The molecule has 0 aliphatic carbocycles. The average molecular weight is 196 g/mol. The van der Waals surface area contributed by atoms with E-state index in [0.717, 1.165) is 24.6 Å². The summed E-state index contributed by atoms with van der Waals surface area (Å²) in [6, 6.07) is 0. The van der Waals surface area contributed by atoms with E-state index in [2.05, 4.69) is 53.7 Å². The minimum absolute atomic E-state index is 0.893. The van der Waals surface area contributed by atoms with Gasteiger partial charge in [-0.2, -0.15) is 0 Å². The maximum atomic E-state index is 4.57. The third kappa shape index (κ3) is 3.12. The third-order valence-electron chi connectivity index (χ3n) is 1.96. The summed E-state index contributed by atoms with van der Waals surface area (Å²) in [5.41, 5.74) is 1.13. The Morgan fingerprint density at radius 3 is 2.21 bits per heavy atom. The van der Waals surface area contributed by atoms with Crippen LogP contribution in [0.5, 0.6) is 0 Å². The van der Waals surface area contributed by atoms with Gasteiger partial charge in [-0.1, -0.05) is 0 Å². The summed E-state index contributed by atoms with van der Waals surface area (Å²) in [7, 11) is 10.3.